The van der Waals surface area contributed by atoms with E-state index in [0.717, 1.165) is 10.9 Å². The van der Waals surface area contributed by atoms with E-state index in [-0.39, 0.29) is 0 Å². The molecule has 1 heterocycles. The summed E-state index contributed by atoms with van der Waals surface area (Å²) in [6.45, 7) is 0. The number of alkyl halides is 3. The molecule has 1 N–H and O–H groups in total. The van der Waals surface area contributed by atoms with Crippen LogP contribution in [0.1, 0.15) is 16.1 Å². The maximum absolute atomic E-state index is 12.7. The maximum Gasteiger partial charge on any atom is 0.435 e. The lowest BCUT2D eigenvalue weighted by Gasteiger charge is -2.07. The molecule has 0 bridgehead atoms. The quantitative estimate of drug-likeness (QED) is 0.925. The second-order valence-electron chi connectivity index (χ2n) is 4.03. The van der Waals surface area contributed by atoms with Gasteiger partial charge in [-0.15, -0.1) is 0 Å². The topological polar surface area (TPSA) is 46.9 Å². The number of hydrogen-bond acceptors (Lipinski definition) is 2. The first kappa shape index (κ1) is 14.4. The molecular formula is C12H9ClF3N3O. The number of carbonyl (C=O) groups excluding carboxylic acids is 1. The lowest BCUT2D eigenvalue weighted by Crippen LogP contribution is -2.17. The van der Waals surface area contributed by atoms with E-state index in [1.165, 1.54) is 19.2 Å². The van der Waals surface area contributed by atoms with Crippen LogP contribution in [0.5, 0.6) is 0 Å². The highest BCUT2D eigenvalue weighted by Gasteiger charge is 2.38. The molecule has 106 valence electrons. The van der Waals surface area contributed by atoms with Crippen LogP contribution in [0.4, 0.5) is 18.9 Å². The molecule has 20 heavy (non-hydrogen) atoms. The van der Waals surface area contributed by atoms with Crippen LogP contribution in [0.25, 0.3) is 0 Å². The van der Waals surface area contributed by atoms with Crippen molar-refractivity contribution in [1.29, 1.82) is 0 Å². The van der Waals surface area contributed by atoms with Crippen molar-refractivity contribution in [3.8, 4) is 0 Å². The lowest BCUT2D eigenvalue weighted by molar-refractivity contribution is -0.141. The molecule has 0 aliphatic heterocycles. The second-order valence-corrected chi connectivity index (χ2v) is 4.46. The minimum atomic E-state index is -4.69. The van der Waals surface area contributed by atoms with Gasteiger partial charge in [-0.3, -0.25) is 9.48 Å². The minimum Gasteiger partial charge on any atom is -0.322 e. The van der Waals surface area contributed by atoms with Crippen molar-refractivity contribution in [2.75, 3.05) is 5.32 Å². The van der Waals surface area contributed by atoms with Crippen LogP contribution in [0.3, 0.4) is 0 Å². The number of aromatic nitrogens is 2. The van der Waals surface area contributed by atoms with Gasteiger partial charge in [0, 0.05) is 24.0 Å². The third-order valence-electron chi connectivity index (χ3n) is 2.42. The number of aryl methyl sites for hydroxylation is 1. The number of amides is 1. The van der Waals surface area contributed by atoms with Crippen LogP contribution in [-0.4, -0.2) is 15.7 Å². The van der Waals surface area contributed by atoms with E-state index in [0.29, 0.717) is 10.7 Å². The molecule has 0 radical (unpaired) electrons. The molecule has 0 fully saturated rings. The largest absolute Gasteiger partial charge is 0.435 e. The number of rotatable bonds is 2. The first-order valence-corrected chi connectivity index (χ1v) is 5.83. The highest BCUT2D eigenvalue weighted by molar-refractivity contribution is 6.30. The predicted octanol–water partition coefficient (Wildman–Crippen LogP) is 3.34. The zero-order valence-corrected chi connectivity index (χ0v) is 11.0. The summed E-state index contributed by atoms with van der Waals surface area (Å²) in [6, 6.07) is 6.12. The molecule has 4 nitrogen and oxygen atoms in total. The average Bonchev–Trinajstić information content (AvgIpc) is 2.71. The number of nitrogens with one attached hydrogen (secondary N) is 1. The monoisotopic (exact) mass is 303 g/mol. The average molecular weight is 304 g/mol. The minimum absolute atomic E-state index is 0.305. The highest BCUT2D eigenvalue weighted by atomic mass is 35.5. The summed E-state index contributed by atoms with van der Waals surface area (Å²) in [5.74, 6) is -0.896. The smallest absolute Gasteiger partial charge is 0.322 e. The summed E-state index contributed by atoms with van der Waals surface area (Å²) in [5.41, 5.74) is -1.46. The fraction of sp³-hybridized carbons (Fsp3) is 0.167. The molecule has 0 unspecified atom stereocenters. The Morgan fingerprint density at radius 1 is 1.40 bits per heavy atom. The van der Waals surface area contributed by atoms with E-state index in [2.05, 4.69) is 10.4 Å². The van der Waals surface area contributed by atoms with Crippen molar-refractivity contribution in [3.05, 3.63) is 46.7 Å². The van der Waals surface area contributed by atoms with Crippen LogP contribution in [0.2, 0.25) is 5.02 Å². The van der Waals surface area contributed by atoms with Gasteiger partial charge in [0.2, 0.25) is 0 Å². The molecule has 2 aromatic rings. The molecule has 2 rings (SSSR count). The number of hydrogen-bond donors (Lipinski definition) is 1. The Balaban J connectivity index is 2.30. The molecule has 1 aromatic carbocycles. The van der Waals surface area contributed by atoms with Crippen LogP contribution in [0.15, 0.2) is 30.5 Å². The van der Waals surface area contributed by atoms with Gasteiger partial charge in [0.15, 0.2) is 5.69 Å². The van der Waals surface area contributed by atoms with Crippen LogP contribution < -0.4 is 5.32 Å². The van der Waals surface area contributed by atoms with E-state index in [9.17, 15) is 18.0 Å². The summed E-state index contributed by atoms with van der Waals surface area (Å²) >= 11 is 5.73. The van der Waals surface area contributed by atoms with E-state index in [4.69, 9.17) is 11.6 Å². The first-order valence-electron chi connectivity index (χ1n) is 5.45. The van der Waals surface area contributed by atoms with Crippen LogP contribution >= 0.6 is 11.6 Å². The molecule has 0 aliphatic rings. The lowest BCUT2D eigenvalue weighted by atomic mass is 10.2. The Bertz CT molecular complexity index is 652. The van der Waals surface area contributed by atoms with Crippen molar-refractivity contribution < 1.29 is 18.0 Å². The highest BCUT2D eigenvalue weighted by Crippen LogP contribution is 2.31. The number of halogens is 4. The van der Waals surface area contributed by atoms with Crippen LogP contribution in [0, 0.1) is 0 Å². The van der Waals surface area contributed by atoms with Crippen molar-refractivity contribution in [2.24, 2.45) is 7.05 Å². The van der Waals surface area contributed by atoms with Crippen molar-refractivity contribution in [1.82, 2.24) is 9.78 Å². The van der Waals surface area contributed by atoms with Crippen molar-refractivity contribution >= 4 is 23.2 Å². The van der Waals surface area contributed by atoms with Gasteiger partial charge < -0.3 is 5.32 Å². The van der Waals surface area contributed by atoms with E-state index < -0.39 is 23.3 Å². The number of nitrogens with zero attached hydrogens (tertiary/aromatic N) is 2. The van der Waals surface area contributed by atoms with Gasteiger partial charge in [0.1, 0.15) is 0 Å². The number of anilines is 1. The fourth-order valence-corrected chi connectivity index (χ4v) is 1.82. The fourth-order valence-electron chi connectivity index (χ4n) is 1.63. The van der Waals surface area contributed by atoms with Gasteiger partial charge in [-0.05, 0) is 18.2 Å². The third-order valence-corrected chi connectivity index (χ3v) is 2.66. The summed E-state index contributed by atoms with van der Waals surface area (Å²) < 4.78 is 39.2. The van der Waals surface area contributed by atoms with E-state index in [1.54, 1.807) is 12.1 Å². The van der Waals surface area contributed by atoms with Gasteiger partial charge in [0.05, 0.1) is 5.56 Å². The van der Waals surface area contributed by atoms with Gasteiger partial charge in [0.25, 0.3) is 5.91 Å². The number of benzene rings is 1. The predicted molar refractivity (Wildman–Crippen MR) is 67.6 cm³/mol. The van der Waals surface area contributed by atoms with Gasteiger partial charge in [-0.1, -0.05) is 17.7 Å². The van der Waals surface area contributed by atoms with Gasteiger partial charge in [-0.2, -0.15) is 18.3 Å². The zero-order chi connectivity index (χ0) is 14.9. The van der Waals surface area contributed by atoms with E-state index >= 15 is 0 Å². The summed E-state index contributed by atoms with van der Waals surface area (Å²) in [6.07, 6.45) is -3.68. The summed E-state index contributed by atoms with van der Waals surface area (Å²) in [7, 11) is 1.31. The Morgan fingerprint density at radius 3 is 2.70 bits per heavy atom. The van der Waals surface area contributed by atoms with Crippen LogP contribution in [-0.2, 0) is 13.2 Å². The molecule has 1 amide bonds. The number of carbonyl (C=O) groups is 1. The maximum atomic E-state index is 12.7. The molecule has 0 saturated heterocycles. The van der Waals surface area contributed by atoms with Gasteiger partial charge >= 0.3 is 6.18 Å². The summed E-state index contributed by atoms with van der Waals surface area (Å²) in [4.78, 5) is 11.9. The normalized spacial score (nSPS) is 11.4. The molecule has 0 atom stereocenters. The molecular weight excluding hydrogens is 295 g/mol. The van der Waals surface area contributed by atoms with E-state index in [1.807, 2.05) is 0 Å². The Kier molecular flexibility index (Phi) is 3.71. The standard InChI is InChI=1S/C12H9ClF3N3O/c1-19-6-9(10(18-19)12(14,15)16)11(20)17-8-4-2-3-7(13)5-8/h2-6H,1H3,(H,17,20). The SMILES string of the molecule is Cn1cc(C(=O)Nc2cccc(Cl)c2)c(C(F)(F)F)n1. The molecule has 0 saturated carbocycles. The molecule has 8 heteroatoms. The molecule has 0 aliphatic carbocycles. The second kappa shape index (κ2) is 5.16. The van der Waals surface area contributed by atoms with Gasteiger partial charge in [-0.25, -0.2) is 0 Å². The van der Waals surface area contributed by atoms with Crippen molar-refractivity contribution in [3.63, 3.8) is 0 Å². The molecule has 0 spiro atoms. The Morgan fingerprint density at radius 2 is 2.10 bits per heavy atom. The zero-order valence-electron chi connectivity index (χ0n) is 10.2. The Hall–Kier alpha value is -2.02. The summed E-state index contributed by atoms with van der Waals surface area (Å²) in [5, 5.41) is 5.98. The van der Waals surface area contributed by atoms with Crippen molar-refractivity contribution in [2.45, 2.75) is 6.18 Å². The third kappa shape index (κ3) is 3.11. The molecule has 1 aromatic heterocycles. The Labute approximate surface area is 117 Å². The first-order chi connectivity index (χ1) is 9.27.